The summed E-state index contributed by atoms with van der Waals surface area (Å²) in [5.74, 6) is 0. The maximum Gasteiger partial charge on any atom is 0.0280 e. The van der Waals surface area contributed by atoms with E-state index in [4.69, 9.17) is 4.11 Å². The lowest BCUT2D eigenvalue weighted by Crippen LogP contribution is -1.77. The molecular formula is C9H12. The summed E-state index contributed by atoms with van der Waals surface area (Å²) in [6, 6.07) is 7.54. The molecule has 0 nitrogen and oxygen atoms in total. The fraction of sp³-hybridized carbons (Fsp3) is 0.333. The molecule has 0 amide bonds. The first-order valence-corrected chi connectivity index (χ1v) is 2.94. The number of hydrogen-bond donors (Lipinski definition) is 0. The molecule has 0 saturated carbocycles. The molecule has 1 rings (SSSR count). The third-order valence-electron chi connectivity index (χ3n) is 1.26. The Balaban J connectivity index is 2.65. The van der Waals surface area contributed by atoms with E-state index in [9.17, 15) is 0 Å². The summed E-state index contributed by atoms with van der Waals surface area (Å²) >= 11 is 0. The maximum absolute atomic E-state index is 7.08. The molecule has 1 aromatic rings. The zero-order chi connectivity index (χ0) is 8.97. The van der Waals surface area contributed by atoms with Gasteiger partial charge in [0.25, 0.3) is 0 Å². The van der Waals surface area contributed by atoms with Crippen LogP contribution in [-0.4, -0.2) is 0 Å². The fourth-order valence-corrected chi connectivity index (χ4v) is 0.675. The minimum atomic E-state index is -0.785. The van der Waals surface area contributed by atoms with E-state index >= 15 is 0 Å². The van der Waals surface area contributed by atoms with E-state index < -0.39 is 6.88 Å². The number of aryl methyl sites for hydroxylation is 2. The van der Waals surface area contributed by atoms with Crippen molar-refractivity contribution in [2.75, 3.05) is 0 Å². The first kappa shape index (κ1) is 3.40. The van der Waals surface area contributed by atoms with Gasteiger partial charge in [-0.2, -0.15) is 0 Å². The van der Waals surface area contributed by atoms with Gasteiger partial charge in [0, 0.05) is 4.11 Å². The Labute approximate surface area is 60.7 Å². The molecule has 0 saturated heterocycles. The Morgan fingerprint density at radius 3 is 2.89 bits per heavy atom. The van der Waals surface area contributed by atoms with Crippen molar-refractivity contribution in [3.63, 3.8) is 0 Å². The smallest absolute Gasteiger partial charge is 0.0280 e. The number of rotatable bonds is 1. The summed E-state index contributed by atoms with van der Waals surface area (Å²) < 4.78 is 21.2. The molecule has 0 spiro atoms. The Bertz CT molecular complexity index is 228. The Morgan fingerprint density at radius 2 is 2.33 bits per heavy atom. The summed E-state index contributed by atoms with van der Waals surface area (Å²) in [6.07, 6.45) is 0.471. The lowest BCUT2D eigenvalue weighted by molar-refractivity contribution is 1.14. The maximum atomic E-state index is 7.08. The van der Waals surface area contributed by atoms with Gasteiger partial charge in [0.2, 0.25) is 0 Å². The first-order chi connectivity index (χ1) is 5.72. The highest BCUT2D eigenvalue weighted by atomic mass is 13.9. The van der Waals surface area contributed by atoms with E-state index in [2.05, 4.69) is 0 Å². The van der Waals surface area contributed by atoms with Crippen LogP contribution in [0.3, 0.4) is 0 Å². The van der Waals surface area contributed by atoms with Crippen molar-refractivity contribution < 1.29 is 4.11 Å². The van der Waals surface area contributed by atoms with E-state index in [0.717, 1.165) is 11.1 Å². The zero-order valence-corrected chi connectivity index (χ0v) is 5.30. The molecule has 9 heavy (non-hydrogen) atoms. The third-order valence-corrected chi connectivity index (χ3v) is 1.26. The molecule has 1 aromatic carbocycles. The normalized spacial score (nSPS) is 17.6. The monoisotopic (exact) mass is 124 g/mol. The highest BCUT2D eigenvalue weighted by Crippen LogP contribution is 2.02. The van der Waals surface area contributed by atoms with Crippen molar-refractivity contribution in [1.29, 1.82) is 0 Å². The van der Waals surface area contributed by atoms with Crippen molar-refractivity contribution in [2.45, 2.75) is 20.2 Å². The molecule has 0 aliphatic rings. The van der Waals surface area contributed by atoms with E-state index in [-0.39, 0.29) is 0 Å². The molecule has 0 radical (unpaired) electrons. The van der Waals surface area contributed by atoms with Crippen molar-refractivity contribution in [2.24, 2.45) is 0 Å². The minimum absolute atomic E-state index is 0.297. The molecule has 48 valence electrons. The van der Waals surface area contributed by atoms with E-state index in [1.54, 1.807) is 0 Å². The van der Waals surface area contributed by atoms with Crippen molar-refractivity contribution in [3.05, 3.63) is 35.4 Å². The quantitative estimate of drug-likeness (QED) is 0.539. The first-order valence-electron chi connectivity index (χ1n) is 4.80. The second-order valence-corrected chi connectivity index (χ2v) is 2.02. The molecule has 1 unspecified atom stereocenters. The SMILES string of the molecule is [2H]Cc1ccc(CC([2H])[3H])cc1. The molecular weight excluding hydrogens is 108 g/mol. The number of hydrogen-bond acceptors (Lipinski definition) is 0. The van der Waals surface area contributed by atoms with Crippen LogP contribution in [0.4, 0.5) is 0 Å². The summed E-state index contributed by atoms with van der Waals surface area (Å²) in [6.45, 7) is -0.488. The average molecular weight is 124 g/mol. The lowest BCUT2D eigenvalue weighted by atomic mass is 10.1. The molecule has 0 N–H and O–H groups in total. The average Bonchev–Trinajstić information content (AvgIpc) is 2.05. The Morgan fingerprint density at radius 1 is 1.56 bits per heavy atom. The van der Waals surface area contributed by atoms with Crippen LogP contribution in [0.15, 0.2) is 24.3 Å². The van der Waals surface area contributed by atoms with Gasteiger partial charge in [-0.3, -0.25) is 0 Å². The second-order valence-electron chi connectivity index (χ2n) is 2.02. The molecule has 0 bridgehead atoms. The van der Waals surface area contributed by atoms with Crippen molar-refractivity contribution in [3.8, 4) is 0 Å². The zero-order valence-electron chi connectivity index (χ0n) is 8.30. The van der Waals surface area contributed by atoms with Crippen LogP contribution in [0.1, 0.15) is 22.1 Å². The topological polar surface area (TPSA) is 0 Å². The molecule has 0 aliphatic carbocycles. The highest BCUT2D eigenvalue weighted by Gasteiger charge is 1.84. The van der Waals surface area contributed by atoms with Gasteiger partial charge in [-0.05, 0) is 18.9 Å². The van der Waals surface area contributed by atoms with E-state index in [1.807, 2.05) is 24.3 Å². The van der Waals surface area contributed by atoms with Crippen LogP contribution < -0.4 is 0 Å². The summed E-state index contributed by atoms with van der Waals surface area (Å²) in [5, 5.41) is 0. The third kappa shape index (κ3) is 1.56. The van der Waals surface area contributed by atoms with Gasteiger partial charge in [-0.15, -0.1) is 0 Å². The molecule has 1 atom stereocenters. The Hall–Kier alpha value is -0.780. The highest BCUT2D eigenvalue weighted by molar-refractivity contribution is 5.20. The Kier molecular flexibility index (Phi) is 1.01. The standard InChI is InChI=1S/C9H12/c1-3-9-6-4-8(2)5-7-9/h4-7H,3H2,1-2H3/i1TD,2D. The molecule has 0 fully saturated rings. The van der Waals surface area contributed by atoms with Crippen LogP contribution in [-0.2, 0) is 6.42 Å². The van der Waals surface area contributed by atoms with Crippen molar-refractivity contribution in [1.82, 2.24) is 0 Å². The largest absolute Gasteiger partial charge is 0.0613 e. The minimum Gasteiger partial charge on any atom is -0.0613 e. The van der Waals surface area contributed by atoms with E-state index in [0.29, 0.717) is 13.3 Å². The lowest BCUT2D eigenvalue weighted by Gasteiger charge is -1.94. The predicted octanol–water partition coefficient (Wildman–Crippen LogP) is 2.56. The predicted molar refractivity (Wildman–Crippen MR) is 40.6 cm³/mol. The molecule has 0 heteroatoms. The van der Waals surface area contributed by atoms with Crippen molar-refractivity contribution >= 4 is 0 Å². The van der Waals surface area contributed by atoms with Crippen LogP contribution >= 0.6 is 0 Å². The number of benzene rings is 1. The van der Waals surface area contributed by atoms with Gasteiger partial charge < -0.3 is 0 Å². The summed E-state index contributed by atoms with van der Waals surface area (Å²) in [4.78, 5) is 0. The van der Waals surface area contributed by atoms with Crippen LogP contribution in [0.25, 0.3) is 0 Å². The molecule has 0 heterocycles. The summed E-state index contributed by atoms with van der Waals surface area (Å²) in [7, 11) is 0. The van der Waals surface area contributed by atoms with Gasteiger partial charge in [0.05, 0.1) is 0 Å². The summed E-state index contributed by atoms with van der Waals surface area (Å²) in [5.41, 5.74) is 1.98. The van der Waals surface area contributed by atoms with Crippen LogP contribution in [0, 0.1) is 6.90 Å². The van der Waals surface area contributed by atoms with Gasteiger partial charge in [-0.25, -0.2) is 0 Å². The van der Waals surface area contributed by atoms with Gasteiger partial charge >= 0.3 is 0 Å². The molecule has 0 aliphatic heterocycles. The van der Waals surface area contributed by atoms with Crippen LogP contribution in [0.5, 0.6) is 0 Å². The van der Waals surface area contributed by atoms with Gasteiger partial charge in [0.15, 0.2) is 0 Å². The fourth-order valence-electron chi connectivity index (χ4n) is 0.675. The van der Waals surface area contributed by atoms with Gasteiger partial charge in [-0.1, -0.05) is 36.7 Å². The molecule has 0 aromatic heterocycles. The second kappa shape index (κ2) is 2.67. The van der Waals surface area contributed by atoms with E-state index in [1.165, 1.54) is 0 Å². The van der Waals surface area contributed by atoms with Crippen LogP contribution in [0.2, 0.25) is 0 Å². The van der Waals surface area contributed by atoms with Gasteiger partial charge in [0.1, 0.15) is 0 Å².